The van der Waals surface area contributed by atoms with E-state index in [0.717, 1.165) is 12.8 Å². The zero-order valence-electron chi connectivity index (χ0n) is 9.70. The zero-order chi connectivity index (χ0) is 11.5. The van der Waals surface area contributed by atoms with Gasteiger partial charge < -0.3 is 5.11 Å². The Kier molecular flexibility index (Phi) is 4.18. The topological polar surface area (TPSA) is 54.4 Å². The van der Waals surface area contributed by atoms with Crippen LogP contribution < -0.4 is 0 Å². The molecule has 1 unspecified atom stereocenters. The lowest BCUT2D eigenvalue weighted by Gasteiger charge is -2.35. The molecule has 0 heterocycles. The number of sulfone groups is 1. The second-order valence-corrected chi connectivity index (χ2v) is 7.33. The van der Waals surface area contributed by atoms with Crippen LogP contribution >= 0.6 is 0 Å². The molecule has 1 atom stereocenters. The van der Waals surface area contributed by atoms with Crippen molar-refractivity contribution in [3.05, 3.63) is 0 Å². The number of hydrogen-bond acceptors (Lipinski definition) is 3. The van der Waals surface area contributed by atoms with E-state index in [1.54, 1.807) is 6.92 Å². The molecule has 0 spiro atoms. The van der Waals surface area contributed by atoms with Crippen LogP contribution in [0.4, 0.5) is 0 Å². The molecule has 3 nitrogen and oxygen atoms in total. The molecule has 0 amide bonds. The van der Waals surface area contributed by atoms with Crippen molar-refractivity contribution in [3.8, 4) is 0 Å². The van der Waals surface area contributed by atoms with E-state index < -0.39 is 15.4 Å². The van der Waals surface area contributed by atoms with Gasteiger partial charge in [-0.3, -0.25) is 0 Å². The van der Waals surface area contributed by atoms with Gasteiger partial charge in [0, 0.05) is 6.26 Å². The van der Waals surface area contributed by atoms with Gasteiger partial charge >= 0.3 is 0 Å². The highest BCUT2D eigenvalue weighted by atomic mass is 32.2. The molecule has 1 aliphatic rings. The summed E-state index contributed by atoms with van der Waals surface area (Å²) in [5.74, 6) is 0.379. The Balaban J connectivity index is 2.49. The minimum absolute atomic E-state index is 0.0938. The molecule has 1 N–H and O–H groups in total. The van der Waals surface area contributed by atoms with Gasteiger partial charge in [0.05, 0.1) is 11.4 Å². The summed E-state index contributed by atoms with van der Waals surface area (Å²) in [5, 5.41) is 10.2. The highest BCUT2D eigenvalue weighted by molar-refractivity contribution is 7.90. The van der Waals surface area contributed by atoms with Crippen LogP contribution in [0.2, 0.25) is 0 Å². The van der Waals surface area contributed by atoms with Gasteiger partial charge in [0.1, 0.15) is 9.84 Å². The first-order valence-corrected chi connectivity index (χ1v) is 7.77. The van der Waals surface area contributed by atoms with Gasteiger partial charge in [0.2, 0.25) is 0 Å². The Labute approximate surface area is 92.8 Å². The minimum Gasteiger partial charge on any atom is -0.390 e. The second kappa shape index (κ2) is 4.83. The highest BCUT2D eigenvalue weighted by Gasteiger charge is 2.33. The van der Waals surface area contributed by atoms with Crippen LogP contribution in [0.3, 0.4) is 0 Å². The van der Waals surface area contributed by atoms with Crippen molar-refractivity contribution in [3.63, 3.8) is 0 Å². The molecule has 1 rings (SSSR count). The third-order valence-corrected chi connectivity index (χ3v) is 4.41. The first-order valence-electron chi connectivity index (χ1n) is 5.71. The molecule has 0 aromatic carbocycles. The Morgan fingerprint density at radius 1 is 1.27 bits per heavy atom. The molecule has 0 aromatic heterocycles. The van der Waals surface area contributed by atoms with E-state index in [0.29, 0.717) is 6.42 Å². The van der Waals surface area contributed by atoms with E-state index in [1.165, 1.54) is 25.5 Å². The lowest BCUT2D eigenvalue weighted by Crippen LogP contribution is -2.37. The van der Waals surface area contributed by atoms with Gasteiger partial charge in [0.25, 0.3) is 0 Å². The number of hydrogen-bond donors (Lipinski definition) is 1. The Morgan fingerprint density at radius 2 is 1.80 bits per heavy atom. The van der Waals surface area contributed by atoms with Crippen molar-refractivity contribution in [1.29, 1.82) is 0 Å². The largest absolute Gasteiger partial charge is 0.390 e. The zero-order valence-corrected chi connectivity index (χ0v) is 10.5. The van der Waals surface area contributed by atoms with E-state index in [1.807, 2.05) is 0 Å². The molecule has 1 aliphatic carbocycles. The van der Waals surface area contributed by atoms with Crippen molar-refractivity contribution in [2.45, 2.75) is 51.0 Å². The predicted octanol–water partition coefficient (Wildman–Crippen LogP) is 1.75. The quantitative estimate of drug-likeness (QED) is 0.806. The molecule has 1 saturated carbocycles. The summed E-state index contributed by atoms with van der Waals surface area (Å²) in [6.07, 6.45) is 7.26. The van der Waals surface area contributed by atoms with Crippen LogP contribution in [-0.4, -0.2) is 31.1 Å². The maximum absolute atomic E-state index is 11.0. The highest BCUT2D eigenvalue weighted by Crippen LogP contribution is 2.34. The summed E-state index contributed by atoms with van der Waals surface area (Å²) in [4.78, 5) is 0. The van der Waals surface area contributed by atoms with Crippen molar-refractivity contribution < 1.29 is 13.5 Å². The van der Waals surface area contributed by atoms with Crippen LogP contribution in [0.5, 0.6) is 0 Å². The second-order valence-electron chi connectivity index (χ2n) is 5.07. The van der Waals surface area contributed by atoms with Gasteiger partial charge in [-0.25, -0.2) is 8.42 Å². The summed E-state index contributed by atoms with van der Waals surface area (Å²) in [6, 6.07) is 0. The number of aliphatic hydroxyl groups is 1. The van der Waals surface area contributed by atoms with Gasteiger partial charge in [-0.2, -0.15) is 0 Å². The molecule has 0 saturated heterocycles. The molecule has 15 heavy (non-hydrogen) atoms. The van der Waals surface area contributed by atoms with E-state index in [9.17, 15) is 13.5 Å². The molecule has 0 bridgehead atoms. The van der Waals surface area contributed by atoms with Crippen LogP contribution in [-0.2, 0) is 9.84 Å². The van der Waals surface area contributed by atoms with Crippen molar-refractivity contribution in [2.24, 2.45) is 5.92 Å². The molecule has 0 aromatic rings. The minimum atomic E-state index is -2.96. The van der Waals surface area contributed by atoms with Crippen LogP contribution in [0, 0.1) is 5.92 Å². The van der Waals surface area contributed by atoms with Crippen molar-refractivity contribution in [2.75, 3.05) is 12.0 Å². The van der Waals surface area contributed by atoms with Gasteiger partial charge in [-0.15, -0.1) is 0 Å². The summed E-state index contributed by atoms with van der Waals surface area (Å²) < 4.78 is 22.1. The van der Waals surface area contributed by atoms with Crippen LogP contribution in [0.15, 0.2) is 0 Å². The fraction of sp³-hybridized carbons (Fsp3) is 1.00. The third-order valence-electron chi connectivity index (χ3n) is 3.46. The fourth-order valence-electron chi connectivity index (χ4n) is 2.32. The molecule has 1 fully saturated rings. The average molecular weight is 234 g/mol. The number of rotatable bonds is 4. The maximum Gasteiger partial charge on any atom is 0.147 e. The van der Waals surface area contributed by atoms with Crippen molar-refractivity contribution in [1.82, 2.24) is 0 Å². The molecule has 90 valence electrons. The predicted molar refractivity (Wildman–Crippen MR) is 61.5 cm³/mol. The Morgan fingerprint density at radius 3 is 2.27 bits per heavy atom. The summed E-state index contributed by atoms with van der Waals surface area (Å²) >= 11 is 0. The normalized spacial score (nSPS) is 23.7. The lowest BCUT2D eigenvalue weighted by atomic mass is 9.77. The fourth-order valence-corrected chi connectivity index (χ4v) is 3.10. The lowest BCUT2D eigenvalue weighted by molar-refractivity contribution is -0.0188. The van der Waals surface area contributed by atoms with Gasteiger partial charge in [-0.1, -0.05) is 19.3 Å². The molecular weight excluding hydrogens is 212 g/mol. The smallest absolute Gasteiger partial charge is 0.147 e. The monoisotopic (exact) mass is 234 g/mol. The molecule has 0 radical (unpaired) electrons. The standard InChI is InChI=1S/C11H22O3S/c1-11(12,8-9-15(2,13)14)10-6-4-3-5-7-10/h10,12H,3-9H2,1-2H3. The first-order chi connectivity index (χ1) is 6.81. The third kappa shape index (κ3) is 4.51. The molecule has 0 aliphatic heterocycles. The maximum atomic E-state index is 11.0. The Hall–Kier alpha value is -0.0900. The average Bonchev–Trinajstić information content (AvgIpc) is 2.16. The van der Waals surface area contributed by atoms with Crippen molar-refractivity contribution >= 4 is 9.84 Å². The van der Waals surface area contributed by atoms with Crippen LogP contribution in [0.1, 0.15) is 45.4 Å². The van der Waals surface area contributed by atoms with E-state index in [-0.39, 0.29) is 11.7 Å². The first kappa shape index (κ1) is 13.0. The van der Waals surface area contributed by atoms with Crippen LogP contribution in [0.25, 0.3) is 0 Å². The van der Waals surface area contributed by atoms with Gasteiger partial charge in [0.15, 0.2) is 0 Å². The summed E-state index contributed by atoms with van der Waals surface area (Å²) in [5.41, 5.74) is -0.802. The van der Waals surface area contributed by atoms with E-state index in [2.05, 4.69) is 0 Å². The molecule has 4 heteroatoms. The Bertz CT molecular complexity index is 287. The van der Waals surface area contributed by atoms with Gasteiger partial charge in [-0.05, 0) is 32.1 Å². The van der Waals surface area contributed by atoms with E-state index in [4.69, 9.17) is 0 Å². The SMILES string of the molecule is CC(O)(CCS(C)(=O)=O)C1CCCCC1. The molecular formula is C11H22O3S. The summed E-state index contributed by atoms with van der Waals surface area (Å²) in [7, 11) is -2.96. The summed E-state index contributed by atoms with van der Waals surface area (Å²) in [6.45, 7) is 1.79. The van der Waals surface area contributed by atoms with E-state index >= 15 is 0 Å².